The maximum absolute atomic E-state index is 12.9. The first-order valence-electron chi connectivity index (χ1n) is 6.56. The molecule has 0 amide bonds. The van der Waals surface area contributed by atoms with Crippen LogP contribution in [-0.2, 0) is 4.79 Å². The molecule has 1 aromatic heterocycles. The van der Waals surface area contributed by atoms with Gasteiger partial charge in [-0.1, -0.05) is 18.2 Å². The van der Waals surface area contributed by atoms with Crippen LogP contribution in [0.1, 0.15) is 17.2 Å². The van der Waals surface area contributed by atoms with Crippen LogP contribution in [0.3, 0.4) is 0 Å². The monoisotopic (exact) mass is 307 g/mol. The van der Waals surface area contributed by atoms with Gasteiger partial charge in [0.1, 0.15) is 12.3 Å². The van der Waals surface area contributed by atoms with Crippen molar-refractivity contribution in [3.05, 3.63) is 47.7 Å². The van der Waals surface area contributed by atoms with E-state index in [4.69, 9.17) is 0 Å². The van der Waals surface area contributed by atoms with Gasteiger partial charge in [0.25, 0.3) is 0 Å². The Labute approximate surface area is 124 Å². The number of pyridine rings is 1. The van der Waals surface area contributed by atoms with E-state index in [1.165, 1.54) is 6.07 Å². The molecule has 0 bridgehead atoms. The van der Waals surface area contributed by atoms with Gasteiger partial charge in [-0.05, 0) is 24.6 Å². The Bertz CT molecular complexity index is 730. The molecule has 0 aliphatic carbocycles. The molecule has 0 saturated carbocycles. The van der Waals surface area contributed by atoms with Gasteiger partial charge in [0.15, 0.2) is 0 Å². The SMILES string of the molecule is Cc1cccnc1-c1ccc2c(c1)NN(C(F)(F)F)C2C=O. The van der Waals surface area contributed by atoms with Gasteiger partial charge in [-0.15, -0.1) is 5.01 Å². The fourth-order valence-electron chi connectivity index (χ4n) is 2.54. The number of carbonyl (C=O) groups excluding carboxylic acids is 1. The quantitative estimate of drug-likeness (QED) is 0.682. The van der Waals surface area contributed by atoms with Crippen molar-refractivity contribution in [2.75, 3.05) is 5.43 Å². The number of hydrogen-bond acceptors (Lipinski definition) is 4. The van der Waals surface area contributed by atoms with E-state index in [0.29, 0.717) is 16.8 Å². The number of aldehydes is 1. The van der Waals surface area contributed by atoms with Gasteiger partial charge in [0.2, 0.25) is 0 Å². The summed E-state index contributed by atoms with van der Waals surface area (Å²) >= 11 is 0. The topological polar surface area (TPSA) is 45.2 Å². The average Bonchev–Trinajstić information content (AvgIpc) is 2.85. The third kappa shape index (κ3) is 2.33. The first-order valence-corrected chi connectivity index (χ1v) is 6.56. The Hall–Kier alpha value is -2.41. The van der Waals surface area contributed by atoms with Crippen LogP contribution in [0.5, 0.6) is 0 Å². The number of alkyl halides is 3. The van der Waals surface area contributed by atoms with Crippen LogP contribution in [0.4, 0.5) is 18.9 Å². The lowest BCUT2D eigenvalue weighted by molar-refractivity contribution is -0.244. The number of anilines is 1. The molecule has 0 spiro atoms. The number of rotatable bonds is 2. The number of nitrogens with zero attached hydrogens (tertiary/aromatic N) is 2. The predicted octanol–water partition coefficient (Wildman–Crippen LogP) is 3.46. The predicted molar refractivity (Wildman–Crippen MR) is 74.7 cm³/mol. The maximum Gasteiger partial charge on any atom is 0.478 e. The number of aryl methyl sites for hydroxylation is 1. The highest BCUT2D eigenvalue weighted by atomic mass is 19.4. The van der Waals surface area contributed by atoms with Crippen molar-refractivity contribution in [3.8, 4) is 11.3 Å². The Kier molecular flexibility index (Phi) is 3.37. The number of carbonyl (C=O) groups is 1. The molecule has 3 rings (SSSR count). The number of nitrogens with one attached hydrogen (secondary N) is 1. The van der Waals surface area contributed by atoms with Crippen LogP contribution in [0, 0.1) is 6.92 Å². The molecule has 2 aromatic rings. The van der Waals surface area contributed by atoms with Gasteiger partial charge < -0.3 is 10.2 Å². The third-order valence-corrected chi connectivity index (χ3v) is 3.58. The zero-order valence-corrected chi connectivity index (χ0v) is 11.6. The minimum absolute atomic E-state index is 0.000272. The minimum atomic E-state index is -4.65. The largest absolute Gasteiger partial charge is 0.478 e. The second-order valence-corrected chi connectivity index (χ2v) is 5.00. The van der Waals surface area contributed by atoms with E-state index in [1.807, 2.05) is 13.0 Å². The lowest BCUT2D eigenvalue weighted by Crippen LogP contribution is -2.41. The van der Waals surface area contributed by atoms with Gasteiger partial charge in [-0.2, -0.15) is 13.2 Å². The van der Waals surface area contributed by atoms with E-state index in [1.54, 1.807) is 24.4 Å². The van der Waals surface area contributed by atoms with Crippen molar-refractivity contribution in [1.82, 2.24) is 9.99 Å². The molecule has 114 valence electrons. The minimum Gasteiger partial charge on any atom is -0.310 e. The highest BCUT2D eigenvalue weighted by Crippen LogP contribution is 2.41. The summed E-state index contributed by atoms with van der Waals surface area (Å²) in [5.41, 5.74) is 5.12. The molecule has 1 N–H and O–H groups in total. The number of aromatic nitrogens is 1. The molecule has 0 radical (unpaired) electrons. The van der Waals surface area contributed by atoms with Crippen molar-refractivity contribution < 1.29 is 18.0 Å². The summed E-state index contributed by atoms with van der Waals surface area (Å²) in [7, 11) is 0. The van der Waals surface area contributed by atoms with Gasteiger partial charge in [-0.3, -0.25) is 4.98 Å². The summed E-state index contributed by atoms with van der Waals surface area (Å²) in [6.07, 6.45) is -2.75. The summed E-state index contributed by atoms with van der Waals surface area (Å²) in [5, 5.41) is -0.000272. The zero-order valence-electron chi connectivity index (χ0n) is 11.6. The van der Waals surface area contributed by atoms with E-state index in [2.05, 4.69) is 10.4 Å². The van der Waals surface area contributed by atoms with Gasteiger partial charge in [0.05, 0.1) is 11.4 Å². The van der Waals surface area contributed by atoms with Crippen molar-refractivity contribution in [3.63, 3.8) is 0 Å². The summed E-state index contributed by atoms with van der Waals surface area (Å²) in [6, 6.07) is 7.06. The van der Waals surface area contributed by atoms with Gasteiger partial charge >= 0.3 is 6.30 Å². The molecular weight excluding hydrogens is 295 g/mol. The van der Waals surface area contributed by atoms with E-state index in [-0.39, 0.29) is 17.0 Å². The lowest BCUT2D eigenvalue weighted by Gasteiger charge is -2.22. The highest BCUT2D eigenvalue weighted by Gasteiger charge is 2.47. The standard InChI is InChI=1S/C15H12F3N3O/c1-9-3-2-6-19-14(9)10-4-5-11-12(7-10)20-21(13(11)8-22)15(16,17)18/h2-8,13,20H,1H3. The van der Waals surface area contributed by atoms with Crippen LogP contribution in [0.2, 0.25) is 0 Å². The molecule has 1 unspecified atom stereocenters. The number of benzene rings is 1. The Morgan fingerprint density at radius 1 is 1.32 bits per heavy atom. The van der Waals surface area contributed by atoms with Crippen molar-refractivity contribution in [2.45, 2.75) is 19.3 Å². The number of fused-ring (bicyclic) bond motifs is 1. The molecule has 4 nitrogen and oxygen atoms in total. The average molecular weight is 307 g/mol. The first-order chi connectivity index (χ1) is 10.4. The normalized spacial score (nSPS) is 17.9. The van der Waals surface area contributed by atoms with Gasteiger partial charge in [-0.25, -0.2) is 0 Å². The number of halogens is 3. The van der Waals surface area contributed by atoms with Crippen LogP contribution in [0.25, 0.3) is 11.3 Å². The number of hydrogen-bond donors (Lipinski definition) is 1. The summed E-state index contributed by atoms with van der Waals surface area (Å²) < 4.78 is 38.8. The van der Waals surface area contributed by atoms with Crippen molar-refractivity contribution >= 4 is 12.0 Å². The fourth-order valence-corrected chi connectivity index (χ4v) is 2.54. The highest BCUT2D eigenvalue weighted by molar-refractivity contribution is 5.76. The summed E-state index contributed by atoms with van der Waals surface area (Å²) in [4.78, 5) is 15.3. The van der Waals surface area contributed by atoms with E-state index in [9.17, 15) is 18.0 Å². The lowest BCUT2D eigenvalue weighted by atomic mass is 10.0. The maximum atomic E-state index is 12.9. The fraction of sp³-hybridized carbons (Fsp3) is 0.200. The van der Waals surface area contributed by atoms with Crippen LogP contribution in [-0.4, -0.2) is 22.6 Å². The van der Waals surface area contributed by atoms with Crippen molar-refractivity contribution in [2.24, 2.45) is 0 Å². The molecular formula is C15H12F3N3O. The molecule has 1 aromatic carbocycles. The summed E-state index contributed by atoms with van der Waals surface area (Å²) in [5.74, 6) is 0. The number of hydrazine groups is 1. The molecule has 7 heteroatoms. The second-order valence-electron chi connectivity index (χ2n) is 5.00. The molecule has 0 saturated heterocycles. The molecule has 1 aliphatic heterocycles. The van der Waals surface area contributed by atoms with E-state index < -0.39 is 12.3 Å². The van der Waals surface area contributed by atoms with E-state index >= 15 is 0 Å². The molecule has 0 fully saturated rings. The molecule has 1 aliphatic rings. The molecule has 2 heterocycles. The Morgan fingerprint density at radius 2 is 2.09 bits per heavy atom. The van der Waals surface area contributed by atoms with E-state index in [0.717, 1.165) is 5.56 Å². The van der Waals surface area contributed by atoms with Crippen LogP contribution < -0.4 is 5.43 Å². The first kappa shape index (κ1) is 14.5. The smallest absolute Gasteiger partial charge is 0.310 e. The van der Waals surface area contributed by atoms with Gasteiger partial charge in [0, 0.05) is 17.3 Å². The Morgan fingerprint density at radius 3 is 2.73 bits per heavy atom. The molecule has 22 heavy (non-hydrogen) atoms. The second kappa shape index (κ2) is 5.10. The zero-order chi connectivity index (χ0) is 15.9. The van der Waals surface area contributed by atoms with Crippen molar-refractivity contribution in [1.29, 1.82) is 0 Å². The van der Waals surface area contributed by atoms with Crippen LogP contribution >= 0.6 is 0 Å². The molecule has 1 atom stereocenters. The third-order valence-electron chi connectivity index (χ3n) is 3.58. The van der Waals surface area contributed by atoms with Crippen LogP contribution in [0.15, 0.2) is 36.5 Å². The summed E-state index contributed by atoms with van der Waals surface area (Å²) in [6.45, 7) is 1.87. The Balaban J connectivity index is 2.04.